The summed E-state index contributed by atoms with van der Waals surface area (Å²) in [6.45, 7) is 3.66. The van der Waals surface area contributed by atoms with Crippen molar-refractivity contribution in [2.45, 2.75) is 31.1 Å². The van der Waals surface area contributed by atoms with Crippen LogP contribution < -0.4 is 10.6 Å². The SMILES string of the molecule is CN=C(NCCCCOCCOC)NCC1(c2cccc(F)c2)CC1. The number of nitrogens with zero attached hydrogens (tertiary/aromatic N) is 1. The largest absolute Gasteiger partial charge is 0.382 e. The molecule has 0 spiro atoms. The Morgan fingerprint density at radius 2 is 2.04 bits per heavy atom. The molecule has 1 aliphatic carbocycles. The highest BCUT2D eigenvalue weighted by atomic mass is 19.1. The molecule has 0 saturated heterocycles. The van der Waals surface area contributed by atoms with E-state index >= 15 is 0 Å². The second-order valence-electron chi connectivity index (χ2n) is 6.46. The van der Waals surface area contributed by atoms with Crippen molar-refractivity contribution < 1.29 is 13.9 Å². The first-order valence-corrected chi connectivity index (χ1v) is 8.97. The molecule has 1 aromatic carbocycles. The molecule has 1 aliphatic rings. The van der Waals surface area contributed by atoms with Crippen molar-refractivity contribution in [2.75, 3.05) is 47.1 Å². The third kappa shape index (κ3) is 6.63. The van der Waals surface area contributed by atoms with E-state index < -0.39 is 0 Å². The van der Waals surface area contributed by atoms with Gasteiger partial charge >= 0.3 is 0 Å². The summed E-state index contributed by atoms with van der Waals surface area (Å²) in [5.41, 5.74) is 1.12. The highest BCUT2D eigenvalue weighted by Gasteiger charge is 2.44. The Morgan fingerprint density at radius 3 is 2.72 bits per heavy atom. The Labute approximate surface area is 150 Å². The predicted molar refractivity (Wildman–Crippen MR) is 98.6 cm³/mol. The molecule has 2 N–H and O–H groups in total. The number of hydrogen-bond acceptors (Lipinski definition) is 3. The lowest BCUT2D eigenvalue weighted by Gasteiger charge is -2.19. The first-order valence-electron chi connectivity index (χ1n) is 8.97. The predicted octanol–water partition coefficient (Wildman–Crippen LogP) is 2.47. The van der Waals surface area contributed by atoms with Crippen molar-refractivity contribution in [1.82, 2.24) is 10.6 Å². The Morgan fingerprint density at radius 1 is 1.20 bits per heavy atom. The molecule has 0 radical (unpaired) electrons. The van der Waals surface area contributed by atoms with Gasteiger partial charge in [-0.05, 0) is 43.4 Å². The van der Waals surface area contributed by atoms with Crippen LogP contribution in [0.2, 0.25) is 0 Å². The second-order valence-corrected chi connectivity index (χ2v) is 6.46. The number of benzene rings is 1. The van der Waals surface area contributed by atoms with E-state index in [1.807, 2.05) is 6.07 Å². The molecule has 2 rings (SSSR count). The molecule has 25 heavy (non-hydrogen) atoms. The summed E-state index contributed by atoms with van der Waals surface area (Å²) in [5, 5.41) is 6.70. The van der Waals surface area contributed by atoms with Crippen molar-refractivity contribution in [3.05, 3.63) is 35.6 Å². The van der Waals surface area contributed by atoms with Crippen LogP contribution in [0.1, 0.15) is 31.2 Å². The summed E-state index contributed by atoms with van der Waals surface area (Å²) in [7, 11) is 3.44. The van der Waals surface area contributed by atoms with Gasteiger partial charge in [0.25, 0.3) is 0 Å². The van der Waals surface area contributed by atoms with Crippen LogP contribution in [-0.4, -0.2) is 53.0 Å². The lowest BCUT2D eigenvalue weighted by molar-refractivity contribution is 0.0689. The molecule has 0 bridgehead atoms. The molecule has 0 aromatic heterocycles. The smallest absolute Gasteiger partial charge is 0.191 e. The zero-order valence-electron chi connectivity index (χ0n) is 15.3. The molecule has 1 fully saturated rings. The first kappa shape index (κ1) is 19.7. The van der Waals surface area contributed by atoms with Crippen LogP contribution in [0, 0.1) is 5.82 Å². The maximum absolute atomic E-state index is 13.5. The van der Waals surface area contributed by atoms with Gasteiger partial charge in [-0.1, -0.05) is 12.1 Å². The van der Waals surface area contributed by atoms with Gasteiger partial charge in [0.1, 0.15) is 5.82 Å². The first-order chi connectivity index (χ1) is 12.2. The van der Waals surface area contributed by atoms with Crippen LogP contribution in [0.15, 0.2) is 29.3 Å². The minimum atomic E-state index is -0.168. The zero-order chi connectivity index (χ0) is 18.0. The average molecular weight is 351 g/mol. The van der Waals surface area contributed by atoms with E-state index in [9.17, 15) is 4.39 Å². The summed E-state index contributed by atoms with van der Waals surface area (Å²) in [6.07, 6.45) is 4.18. The van der Waals surface area contributed by atoms with Crippen molar-refractivity contribution >= 4 is 5.96 Å². The van der Waals surface area contributed by atoms with E-state index in [1.54, 1.807) is 26.3 Å². The number of aliphatic imine (C=N–C) groups is 1. The summed E-state index contributed by atoms with van der Waals surface area (Å²) >= 11 is 0. The van der Waals surface area contributed by atoms with Gasteiger partial charge < -0.3 is 20.1 Å². The molecular formula is C19H30FN3O2. The molecule has 1 saturated carbocycles. The zero-order valence-corrected chi connectivity index (χ0v) is 15.3. The van der Waals surface area contributed by atoms with Crippen LogP contribution in [-0.2, 0) is 14.9 Å². The minimum absolute atomic E-state index is 0.0505. The van der Waals surface area contributed by atoms with Crippen molar-refractivity contribution in [3.63, 3.8) is 0 Å². The van der Waals surface area contributed by atoms with Gasteiger partial charge in [0, 0.05) is 39.3 Å². The van der Waals surface area contributed by atoms with E-state index in [1.165, 1.54) is 6.07 Å². The summed E-state index contributed by atoms with van der Waals surface area (Å²) < 4.78 is 23.8. The topological polar surface area (TPSA) is 54.9 Å². The Bertz CT molecular complexity index is 547. The van der Waals surface area contributed by atoms with E-state index in [2.05, 4.69) is 15.6 Å². The van der Waals surface area contributed by atoms with Crippen molar-refractivity contribution in [1.29, 1.82) is 0 Å². The van der Waals surface area contributed by atoms with Crippen LogP contribution in [0.4, 0.5) is 4.39 Å². The Kier molecular flexibility index (Phi) is 8.15. The molecule has 5 nitrogen and oxygen atoms in total. The minimum Gasteiger partial charge on any atom is -0.382 e. The lowest BCUT2D eigenvalue weighted by Crippen LogP contribution is -2.41. The molecule has 0 unspecified atom stereocenters. The fraction of sp³-hybridized carbons (Fsp3) is 0.632. The molecule has 0 aliphatic heterocycles. The van der Waals surface area contributed by atoms with E-state index in [4.69, 9.17) is 9.47 Å². The molecule has 0 heterocycles. The normalized spacial score (nSPS) is 15.9. The number of rotatable bonds is 11. The fourth-order valence-corrected chi connectivity index (χ4v) is 2.79. The Hall–Kier alpha value is -1.66. The number of methoxy groups -OCH3 is 1. The van der Waals surface area contributed by atoms with E-state index in [0.717, 1.165) is 56.9 Å². The van der Waals surface area contributed by atoms with Gasteiger partial charge in [0.2, 0.25) is 0 Å². The quantitative estimate of drug-likeness (QED) is 0.365. The van der Waals surface area contributed by atoms with Gasteiger partial charge in [-0.15, -0.1) is 0 Å². The monoisotopic (exact) mass is 351 g/mol. The maximum Gasteiger partial charge on any atom is 0.191 e. The van der Waals surface area contributed by atoms with Gasteiger partial charge in [0.15, 0.2) is 5.96 Å². The van der Waals surface area contributed by atoms with Crippen LogP contribution in [0.25, 0.3) is 0 Å². The molecule has 0 atom stereocenters. The molecule has 0 amide bonds. The average Bonchev–Trinajstić information content (AvgIpc) is 3.41. The summed E-state index contributed by atoms with van der Waals surface area (Å²) in [5.74, 6) is 0.627. The third-order valence-electron chi connectivity index (χ3n) is 4.55. The van der Waals surface area contributed by atoms with E-state index in [-0.39, 0.29) is 11.2 Å². The number of halogens is 1. The van der Waals surface area contributed by atoms with Crippen LogP contribution in [0.3, 0.4) is 0 Å². The van der Waals surface area contributed by atoms with Crippen LogP contribution >= 0.6 is 0 Å². The highest BCUT2D eigenvalue weighted by Crippen LogP contribution is 2.47. The number of unbranched alkanes of at least 4 members (excludes halogenated alkanes) is 1. The van der Waals surface area contributed by atoms with Crippen molar-refractivity contribution in [3.8, 4) is 0 Å². The number of nitrogens with one attached hydrogen (secondary N) is 2. The number of hydrogen-bond donors (Lipinski definition) is 2. The molecular weight excluding hydrogens is 321 g/mol. The van der Waals surface area contributed by atoms with Crippen LogP contribution in [0.5, 0.6) is 0 Å². The standard InChI is InChI=1S/C19H30FN3O2/c1-21-18(22-10-3-4-11-25-13-12-24-2)23-15-19(8-9-19)16-6-5-7-17(20)14-16/h5-7,14H,3-4,8-13,15H2,1-2H3,(H2,21,22,23). The molecule has 6 heteroatoms. The molecule has 140 valence electrons. The van der Waals surface area contributed by atoms with Gasteiger partial charge in [0.05, 0.1) is 13.2 Å². The van der Waals surface area contributed by atoms with Gasteiger partial charge in [-0.3, -0.25) is 4.99 Å². The third-order valence-corrected chi connectivity index (χ3v) is 4.55. The number of guanidine groups is 1. The number of ether oxygens (including phenoxy) is 2. The highest BCUT2D eigenvalue weighted by molar-refractivity contribution is 5.79. The van der Waals surface area contributed by atoms with Crippen molar-refractivity contribution in [2.24, 2.45) is 4.99 Å². The second kappa shape index (κ2) is 10.4. The summed E-state index contributed by atoms with van der Waals surface area (Å²) in [6, 6.07) is 6.94. The summed E-state index contributed by atoms with van der Waals surface area (Å²) in [4.78, 5) is 4.26. The maximum atomic E-state index is 13.5. The lowest BCUT2D eigenvalue weighted by atomic mass is 9.96. The Balaban J connectivity index is 1.64. The molecule has 1 aromatic rings. The fourth-order valence-electron chi connectivity index (χ4n) is 2.79. The van der Waals surface area contributed by atoms with Gasteiger partial charge in [-0.2, -0.15) is 0 Å². The van der Waals surface area contributed by atoms with Gasteiger partial charge in [-0.25, -0.2) is 4.39 Å². The van der Waals surface area contributed by atoms with E-state index in [0.29, 0.717) is 13.2 Å².